The molecule has 1 aliphatic rings. The van der Waals surface area contributed by atoms with Gasteiger partial charge in [0, 0.05) is 32.5 Å². The molecule has 0 spiro atoms. The summed E-state index contributed by atoms with van der Waals surface area (Å²) >= 11 is 3.39. The molecule has 0 saturated carbocycles. The van der Waals surface area contributed by atoms with Gasteiger partial charge in [0.15, 0.2) is 0 Å². The number of hydrogen-bond acceptors (Lipinski definition) is 4. The molecule has 2 aromatic rings. The number of thiophene rings is 1. The van der Waals surface area contributed by atoms with E-state index in [1.807, 2.05) is 23.9 Å². The number of fused-ring (bicyclic) bond motifs is 1. The van der Waals surface area contributed by atoms with Crippen molar-refractivity contribution in [3.8, 4) is 11.8 Å². The van der Waals surface area contributed by atoms with Crippen molar-refractivity contribution in [3.63, 3.8) is 0 Å². The van der Waals surface area contributed by atoms with Crippen molar-refractivity contribution in [2.24, 2.45) is 0 Å². The number of carboxylic acid groups (broad SMARTS) is 1. The highest BCUT2D eigenvalue weighted by atomic mass is 32.2. The fraction of sp³-hybridized carbons (Fsp3) is 0.435. The molecular formula is C23H25O2S2-. The second kappa shape index (κ2) is 7.37. The summed E-state index contributed by atoms with van der Waals surface area (Å²) in [7, 11) is 0. The average molecular weight is 398 g/mol. The number of thioether (sulfide) groups is 1. The van der Waals surface area contributed by atoms with Crippen LogP contribution in [0.25, 0.3) is 0 Å². The fourth-order valence-electron chi connectivity index (χ4n) is 3.95. The van der Waals surface area contributed by atoms with Gasteiger partial charge in [-0.3, -0.25) is 0 Å². The van der Waals surface area contributed by atoms with E-state index in [9.17, 15) is 9.90 Å². The molecule has 0 amide bonds. The van der Waals surface area contributed by atoms with Crippen LogP contribution in [0.4, 0.5) is 0 Å². The molecule has 0 fully saturated rings. The van der Waals surface area contributed by atoms with Gasteiger partial charge in [-0.25, -0.2) is 0 Å². The van der Waals surface area contributed by atoms with Crippen molar-refractivity contribution < 1.29 is 9.90 Å². The van der Waals surface area contributed by atoms with Gasteiger partial charge in [-0.1, -0.05) is 46.5 Å². The van der Waals surface area contributed by atoms with Crippen LogP contribution < -0.4 is 5.11 Å². The minimum atomic E-state index is -1.05. The fourth-order valence-corrected chi connectivity index (χ4v) is 6.47. The highest BCUT2D eigenvalue weighted by Crippen LogP contribution is 2.51. The summed E-state index contributed by atoms with van der Waals surface area (Å²) in [6, 6.07) is 8.31. The number of aliphatic carboxylic acids is 1. The Balaban J connectivity index is 1.98. The summed E-state index contributed by atoms with van der Waals surface area (Å²) in [5.41, 5.74) is 3.86. The Hall–Kier alpha value is -1.70. The SMILES string of the molecule is CCc1cc2c(cc1C#Cc1ccc(CC(=O)[O-])s1)C(C)(C)CC(C)(C)S2. The lowest BCUT2D eigenvalue weighted by Gasteiger charge is -2.42. The molecule has 0 bridgehead atoms. The first-order chi connectivity index (χ1) is 12.6. The van der Waals surface area contributed by atoms with Crippen molar-refractivity contribution in [2.75, 3.05) is 0 Å². The Kier molecular flexibility index (Phi) is 5.47. The lowest BCUT2D eigenvalue weighted by molar-refractivity contribution is -0.304. The number of benzene rings is 1. The van der Waals surface area contributed by atoms with E-state index in [1.54, 1.807) is 0 Å². The van der Waals surface area contributed by atoms with Crippen LogP contribution in [0.3, 0.4) is 0 Å². The molecule has 0 atom stereocenters. The molecule has 1 aliphatic heterocycles. The van der Waals surface area contributed by atoms with Crippen LogP contribution in [0.5, 0.6) is 0 Å². The number of hydrogen-bond donors (Lipinski definition) is 0. The predicted molar refractivity (Wildman–Crippen MR) is 112 cm³/mol. The lowest BCUT2D eigenvalue weighted by atomic mass is 9.76. The zero-order valence-electron chi connectivity index (χ0n) is 16.6. The van der Waals surface area contributed by atoms with Crippen LogP contribution >= 0.6 is 23.1 Å². The Morgan fingerprint density at radius 2 is 1.93 bits per heavy atom. The van der Waals surface area contributed by atoms with Gasteiger partial charge in [-0.05, 0) is 53.6 Å². The molecule has 1 aromatic heterocycles. The van der Waals surface area contributed by atoms with Gasteiger partial charge in [0.2, 0.25) is 0 Å². The molecular weight excluding hydrogens is 372 g/mol. The topological polar surface area (TPSA) is 40.1 Å². The van der Waals surface area contributed by atoms with Crippen molar-refractivity contribution in [1.29, 1.82) is 0 Å². The highest BCUT2D eigenvalue weighted by molar-refractivity contribution is 8.00. The minimum absolute atomic E-state index is 0.0490. The summed E-state index contributed by atoms with van der Waals surface area (Å²) in [6.45, 7) is 11.5. The maximum absolute atomic E-state index is 10.7. The molecule has 0 radical (unpaired) electrons. The van der Waals surface area contributed by atoms with Gasteiger partial charge in [0.05, 0.1) is 4.88 Å². The smallest absolute Gasteiger partial charge is 0.0775 e. The molecule has 3 rings (SSSR count). The van der Waals surface area contributed by atoms with E-state index in [1.165, 1.54) is 27.4 Å². The third-order valence-corrected chi connectivity index (χ3v) is 7.13. The predicted octanol–water partition coefficient (Wildman–Crippen LogP) is 4.55. The normalized spacial score (nSPS) is 16.9. The van der Waals surface area contributed by atoms with Crippen LogP contribution in [0.1, 0.15) is 67.5 Å². The molecule has 2 nitrogen and oxygen atoms in total. The van der Waals surface area contributed by atoms with Gasteiger partial charge < -0.3 is 9.90 Å². The van der Waals surface area contributed by atoms with E-state index in [0.29, 0.717) is 0 Å². The standard InChI is InChI=1S/C23H26O2S2/c1-6-15-12-20-19(22(2,3)14-23(4,5)27-20)11-16(15)7-8-17-9-10-18(26-17)13-21(24)25/h9-12H,6,13-14H2,1-5H3,(H,24,25)/p-1. The molecule has 0 aliphatic carbocycles. The molecule has 0 saturated heterocycles. The van der Waals surface area contributed by atoms with Crippen molar-refractivity contribution in [1.82, 2.24) is 0 Å². The third kappa shape index (κ3) is 4.59. The van der Waals surface area contributed by atoms with Crippen LogP contribution in [0.15, 0.2) is 29.2 Å². The Morgan fingerprint density at radius 1 is 1.19 bits per heavy atom. The maximum Gasteiger partial charge on any atom is 0.0775 e. The van der Waals surface area contributed by atoms with E-state index in [4.69, 9.17) is 0 Å². The van der Waals surface area contributed by atoms with E-state index in [0.717, 1.165) is 28.2 Å². The van der Waals surface area contributed by atoms with Crippen LogP contribution in [0, 0.1) is 11.8 Å². The Morgan fingerprint density at radius 3 is 2.59 bits per heavy atom. The highest BCUT2D eigenvalue weighted by Gasteiger charge is 2.38. The van der Waals surface area contributed by atoms with Gasteiger partial charge in [-0.2, -0.15) is 0 Å². The van der Waals surface area contributed by atoms with Crippen LogP contribution in [-0.2, 0) is 23.1 Å². The largest absolute Gasteiger partial charge is 0.550 e. The lowest BCUT2D eigenvalue weighted by Crippen LogP contribution is -2.33. The van der Waals surface area contributed by atoms with E-state index in [2.05, 4.69) is 58.6 Å². The molecule has 4 heteroatoms. The second-order valence-electron chi connectivity index (χ2n) is 8.35. The van der Waals surface area contributed by atoms with Crippen molar-refractivity contribution in [2.45, 2.75) is 68.9 Å². The first-order valence-electron chi connectivity index (χ1n) is 9.27. The Labute approximate surface area is 170 Å². The summed E-state index contributed by atoms with van der Waals surface area (Å²) < 4.78 is 0.237. The molecule has 2 heterocycles. The van der Waals surface area contributed by atoms with E-state index >= 15 is 0 Å². The molecule has 0 unspecified atom stereocenters. The van der Waals surface area contributed by atoms with E-state index in [-0.39, 0.29) is 16.6 Å². The number of rotatable bonds is 3. The van der Waals surface area contributed by atoms with Crippen molar-refractivity contribution in [3.05, 3.63) is 50.7 Å². The van der Waals surface area contributed by atoms with Crippen LogP contribution in [0.2, 0.25) is 0 Å². The number of carbonyl (C=O) groups excluding carboxylic acids is 1. The van der Waals surface area contributed by atoms with Gasteiger partial charge >= 0.3 is 0 Å². The van der Waals surface area contributed by atoms with Gasteiger partial charge in [0.25, 0.3) is 0 Å². The molecule has 27 heavy (non-hydrogen) atoms. The number of aryl methyl sites for hydroxylation is 1. The maximum atomic E-state index is 10.7. The van der Waals surface area contributed by atoms with E-state index < -0.39 is 5.97 Å². The molecule has 1 aromatic carbocycles. The minimum Gasteiger partial charge on any atom is -0.550 e. The molecule has 142 valence electrons. The number of carbonyl (C=O) groups is 1. The molecule has 0 N–H and O–H groups in total. The zero-order valence-corrected chi connectivity index (χ0v) is 18.2. The summed E-state index contributed by atoms with van der Waals surface area (Å²) in [4.78, 5) is 13.8. The number of carboxylic acids is 1. The average Bonchev–Trinajstić information content (AvgIpc) is 2.97. The van der Waals surface area contributed by atoms with Gasteiger partial charge in [0.1, 0.15) is 0 Å². The van der Waals surface area contributed by atoms with Crippen LogP contribution in [-0.4, -0.2) is 10.7 Å². The zero-order chi connectivity index (χ0) is 19.8. The summed E-state index contributed by atoms with van der Waals surface area (Å²) in [5.74, 6) is 5.52. The van der Waals surface area contributed by atoms with Crippen molar-refractivity contribution >= 4 is 29.1 Å². The quantitative estimate of drug-likeness (QED) is 0.713. The second-order valence-corrected chi connectivity index (χ2v) is 11.3. The summed E-state index contributed by atoms with van der Waals surface area (Å²) in [6.07, 6.45) is 2.03. The first kappa shape index (κ1) is 20.0. The summed E-state index contributed by atoms with van der Waals surface area (Å²) in [5, 5.41) is 10.7. The first-order valence-corrected chi connectivity index (χ1v) is 10.9. The Bertz CT molecular complexity index is 939. The van der Waals surface area contributed by atoms with Gasteiger partial charge in [-0.15, -0.1) is 23.1 Å². The third-order valence-electron chi connectivity index (χ3n) is 4.87. The monoisotopic (exact) mass is 397 g/mol.